The maximum Gasteiger partial charge on any atom is 0.276 e. The fourth-order valence-electron chi connectivity index (χ4n) is 2.70. The minimum atomic E-state index is -0.234. The molecule has 0 aliphatic heterocycles. The molecule has 0 aliphatic rings. The fraction of sp³-hybridized carbons (Fsp3) is 0.278. The number of nitrogens with zero attached hydrogens (tertiary/aromatic N) is 4. The van der Waals surface area contributed by atoms with Crippen molar-refractivity contribution < 1.29 is 4.79 Å². The SMILES string of the molecule is Cc1cccc(C)c1NC(=O)c1ccn(Cn2nc(C)c(Cl)c2C)n1. The number of carbonyl (C=O) groups is 1. The van der Waals surface area contributed by atoms with Crippen molar-refractivity contribution >= 4 is 23.2 Å². The number of nitrogens with one attached hydrogen (secondary N) is 1. The molecular weight excluding hydrogens is 338 g/mol. The van der Waals surface area contributed by atoms with E-state index in [2.05, 4.69) is 15.5 Å². The number of hydrogen-bond donors (Lipinski definition) is 1. The summed E-state index contributed by atoms with van der Waals surface area (Å²) in [6, 6.07) is 7.59. The maximum atomic E-state index is 12.5. The van der Waals surface area contributed by atoms with E-state index in [-0.39, 0.29) is 5.91 Å². The minimum Gasteiger partial charge on any atom is -0.320 e. The number of aromatic nitrogens is 4. The zero-order valence-electron chi connectivity index (χ0n) is 14.7. The number of para-hydroxylation sites is 1. The summed E-state index contributed by atoms with van der Waals surface area (Å²) in [5, 5.41) is 12.3. The van der Waals surface area contributed by atoms with Gasteiger partial charge in [-0.1, -0.05) is 29.8 Å². The van der Waals surface area contributed by atoms with E-state index in [0.29, 0.717) is 17.4 Å². The van der Waals surface area contributed by atoms with Crippen LogP contribution in [0.5, 0.6) is 0 Å². The van der Waals surface area contributed by atoms with Crippen molar-refractivity contribution in [2.75, 3.05) is 5.32 Å². The van der Waals surface area contributed by atoms with Gasteiger partial charge in [-0.25, -0.2) is 4.68 Å². The molecule has 1 amide bonds. The van der Waals surface area contributed by atoms with Crippen LogP contribution < -0.4 is 5.32 Å². The number of carbonyl (C=O) groups excluding carboxylic acids is 1. The molecule has 0 bridgehead atoms. The lowest BCUT2D eigenvalue weighted by atomic mass is 10.1. The standard InChI is InChI=1S/C18H20ClN5O/c1-11-6-5-7-12(2)17(11)20-18(25)15-8-9-23(22-15)10-24-14(4)16(19)13(3)21-24/h5-9H,10H2,1-4H3,(H,20,25). The summed E-state index contributed by atoms with van der Waals surface area (Å²) in [5.74, 6) is -0.234. The molecule has 7 heteroatoms. The van der Waals surface area contributed by atoms with Crippen LogP contribution in [0.3, 0.4) is 0 Å². The Bertz CT molecular complexity index is 921. The highest BCUT2D eigenvalue weighted by molar-refractivity contribution is 6.31. The van der Waals surface area contributed by atoms with Gasteiger partial charge in [-0.05, 0) is 44.9 Å². The number of hydrogen-bond acceptors (Lipinski definition) is 3. The summed E-state index contributed by atoms with van der Waals surface area (Å²) in [6.07, 6.45) is 1.75. The Morgan fingerprint density at radius 2 is 1.80 bits per heavy atom. The smallest absolute Gasteiger partial charge is 0.276 e. The van der Waals surface area contributed by atoms with E-state index >= 15 is 0 Å². The molecule has 0 radical (unpaired) electrons. The molecule has 25 heavy (non-hydrogen) atoms. The highest BCUT2D eigenvalue weighted by Crippen LogP contribution is 2.20. The van der Waals surface area contributed by atoms with Crippen molar-refractivity contribution in [3.63, 3.8) is 0 Å². The Balaban J connectivity index is 1.77. The molecule has 0 fully saturated rings. The van der Waals surface area contributed by atoms with Crippen LogP contribution in [-0.2, 0) is 6.67 Å². The second kappa shape index (κ2) is 6.72. The van der Waals surface area contributed by atoms with Gasteiger partial charge in [0.25, 0.3) is 5.91 Å². The monoisotopic (exact) mass is 357 g/mol. The molecule has 1 N–H and O–H groups in total. The fourth-order valence-corrected chi connectivity index (χ4v) is 2.84. The lowest BCUT2D eigenvalue weighted by molar-refractivity contribution is 0.102. The van der Waals surface area contributed by atoms with E-state index in [1.807, 2.05) is 45.9 Å². The summed E-state index contributed by atoms with van der Waals surface area (Å²) >= 11 is 6.16. The first-order valence-electron chi connectivity index (χ1n) is 7.97. The second-order valence-corrected chi connectivity index (χ2v) is 6.47. The van der Waals surface area contributed by atoms with Crippen LogP contribution in [0, 0.1) is 27.7 Å². The van der Waals surface area contributed by atoms with Gasteiger partial charge in [0.15, 0.2) is 5.69 Å². The number of anilines is 1. The van der Waals surface area contributed by atoms with Crippen LogP contribution in [0.15, 0.2) is 30.5 Å². The largest absolute Gasteiger partial charge is 0.320 e. The first-order valence-corrected chi connectivity index (χ1v) is 8.35. The van der Waals surface area contributed by atoms with Gasteiger partial charge in [-0.15, -0.1) is 0 Å². The van der Waals surface area contributed by atoms with E-state index in [1.54, 1.807) is 21.6 Å². The number of aryl methyl sites for hydroxylation is 3. The van der Waals surface area contributed by atoms with Gasteiger partial charge in [0.2, 0.25) is 0 Å². The van der Waals surface area contributed by atoms with Crippen molar-refractivity contribution in [3.8, 4) is 0 Å². The highest BCUT2D eigenvalue weighted by atomic mass is 35.5. The molecule has 1 aromatic carbocycles. The molecule has 3 rings (SSSR count). The van der Waals surface area contributed by atoms with Crippen LogP contribution in [-0.4, -0.2) is 25.5 Å². The molecule has 2 aromatic heterocycles. The normalized spacial score (nSPS) is 10.9. The molecule has 3 aromatic rings. The summed E-state index contributed by atoms with van der Waals surface area (Å²) in [6.45, 7) is 8.09. The van der Waals surface area contributed by atoms with Crippen LogP contribution in [0.1, 0.15) is 33.0 Å². The van der Waals surface area contributed by atoms with Crippen LogP contribution >= 0.6 is 11.6 Å². The molecule has 0 spiro atoms. The summed E-state index contributed by atoms with van der Waals surface area (Å²) in [4.78, 5) is 12.5. The average molecular weight is 358 g/mol. The van der Waals surface area contributed by atoms with Gasteiger partial charge in [-0.3, -0.25) is 9.48 Å². The number of benzene rings is 1. The number of rotatable bonds is 4. The van der Waals surface area contributed by atoms with Gasteiger partial charge in [0, 0.05) is 11.9 Å². The molecular formula is C18H20ClN5O. The lowest BCUT2D eigenvalue weighted by Gasteiger charge is -2.10. The maximum absolute atomic E-state index is 12.5. The lowest BCUT2D eigenvalue weighted by Crippen LogP contribution is -2.16. The van der Waals surface area contributed by atoms with Crippen molar-refractivity contribution in [2.45, 2.75) is 34.4 Å². The van der Waals surface area contributed by atoms with Crippen molar-refractivity contribution in [2.24, 2.45) is 0 Å². The van der Waals surface area contributed by atoms with Gasteiger partial charge >= 0.3 is 0 Å². The molecule has 130 valence electrons. The Morgan fingerprint density at radius 1 is 1.12 bits per heavy atom. The molecule has 0 saturated heterocycles. The number of halogens is 1. The van der Waals surface area contributed by atoms with E-state index in [9.17, 15) is 4.79 Å². The Labute approximate surface area is 151 Å². The third-order valence-corrected chi connectivity index (χ3v) is 4.71. The van der Waals surface area contributed by atoms with Crippen LogP contribution in [0.2, 0.25) is 5.02 Å². The topological polar surface area (TPSA) is 64.7 Å². The Kier molecular flexibility index (Phi) is 4.63. The van der Waals surface area contributed by atoms with Gasteiger partial charge < -0.3 is 5.32 Å². The zero-order valence-corrected chi connectivity index (χ0v) is 15.4. The Hall–Kier alpha value is -2.60. The van der Waals surface area contributed by atoms with E-state index in [0.717, 1.165) is 28.2 Å². The van der Waals surface area contributed by atoms with Crippen molar-refractivity contribution in [1.82, 2.24) is 19.6 Å². The third kappa shape index (κ3) is 3.44. The second-order valence-electron chi connectivity index (χ2n) is 6.09. The van der Waals surface area contributed by atoms with E-state index < -0.39 is 0 Å². The first-order chi connectivity index (χ1) is 11.9. The third-order valence-electron chi connectivity index (χ3n) is 4.16. The minimum absolute atomic E-state index is 0.234. The first kappa shape index (κ1) is 17.2. The van der Waals surface area contributed by atoms with Crippen LogP contribution in [0.25, 0.3) is 0 Å². The molecule has 0 aliphatic carbocycles. The van der Waals surface area contributed by atoms with Crippen molar-refractivity contribution in [3.05, 3.63) is 63.7 Å². The number of amides is 1. The quantitative estimate of drug-likeness (QED) is 0.773. The van der Waals surface area contributed by atoms with Gasteiger partial charge in [0.1, 0.15) is 6.67 Å². The zero-order chi connectivity index (χ0) is 18.1. The summed E-state index contributed by atoms with van der Waals surface area (Å²) in [5.41, 5.74) is 4.87. The van der Waals surface area contributed by atoms with Crippen molar-refractivity contribution in [1.29, 1.82) is 0 Å². The molecule has 2 heterocycles. The van der Waals surface area contributed by atoms with Gasteiger partial charge in [0.05, 0.1) is 16.4 Å². The molecule has 6 nitrogen and oxygen atoms in total. The summed E-state index contributed by atoms with van der Waals surface area (Å²) in [7, 11) is 0. The van der Waals surface area contributed by atoms with Gasteiger partial charge in [-0.2, -0.15) is 10.2 Å². The predicted molar refractivity (Wildman–Crippen MR) is 98.2 cm³/mol. The molecule has 0 saturated carbocycles. The highest BCUT2D eigenvalue weighted by Gasteiger charge is 2.14. The summed E-state index contributed by atoms with van der Waals surface area (Å²) < 4.78 is 3.42. The predicted octanol–water partition coefficient (Wildman–Crippen LogP) is 3.72. The Morgan fingerprint density at radius 3 is 2.40 bits per heavy atom. The molecule has 0 unspecified atom stereocenters. The average Bonchev–Trinajstić information content (AvgIpc) is 3.13. The van der Waals surface area contributed by atoms with E-state index in [4.69, 9.17) is 11.6 Å². The molecule has 0 atom stereocenters. The van der Waals surface area contributed by atoms with E-state index in [1.165, 1.54) is 0 Å². The van der Waals surface area contributed by atoms with Crippen LogP contribution in [0.4, 0.5) is 5.69 Å².